The van der Waals surface area contributed by atoms with Crippen LogP contribution >= 0.6 is 0 Å². The molecule has 1 saturated carbocycles. The second kappa shape index (κ2) is 11.3. The first-order chi connectivity index (χ1) is 15.7. The number of aryl methyl sites for hydroxylation is 1. The molecule has 3 rings (SSSR count). The van der Waals surface area contributed by atoms with Crippen molar-refractivity contribution in [2.75, 3.05) is 0 Å². The zero-order valence-electron chi connectivity index (χ0n) is 18.8. The first-order valence-corrected chi connectivity index (χ1v) is 11.7. The summed E-state index contributed by atoms with van der Waals surface area (Å²) >= 11 is 0. The number of ether oxygens (including phenoxy) is 1. The van der Waals surface area contributed by atoms with Gasteiger partial charge in [-0.3, -0.25) is 0 Å². The summed E-state index contributed by atoms with van der Waals surface area (Å²) in [7, 11) is 0. The summed E-state index contributed by atoms with van der Waals surface area (Å²) in [4.78, 5) is 0. The molecule has 0 heterocycles. The van der Waals surface area contributed by atoms with Crippen molar-refractivity contribution in [1.82, 2.24) is 0 Å². The maximum atomic E-state index is 14.7. The summed E-state index contributed by atoms with van der Waals surface area (Å²) in [6, 6.07) is 4.81. The Morgan fingerprint density at radius 3 is 1.97 bits per heavy atom. The monoisotopic (exact) mass is 472 g/mol. The number of hydrogen-bond donors (Lipinski definition) is 0. The fourth-order valence-corrected chi connectivity index (χ4v) is 4.77. The van der Waals surface area contributed by atoms with E-state index >= 15 is 0 Å². The van der Waals surface area contributed by atoms with E-state index in [0.717, 1.165) is 31.2 Å². The van der Waals surface area contributed by atoms with Crippen molar-refractivity contribution in [3.63, 3.8) is 0 Å². The molecule has 1 aliphatic rings. The highest BCUT2D eigenvalue weighted by atomic mass is 19.4. The highest BCUT2D eigenvalue weighted by Gasteiger charge is 2.32. The average molecular weight is 473 g/mol. The summed E-state index contributed by atoms with van der Waals surface area (Å²) in [6.45, 7) is 2.20. The van der Waals surface area contributed by atoms with Gasteiger partial charge in [-0.1, -0.05) is 64.4 Å². The third kappa shape index (κ3) is 7.41. The summed E-state index contributed by atoms with van der Waals surface area (Å²) in [5, 5.41) is 0. The van der Waals surface area contributed by atoms with Gasteiger partial charge >= 0.3 is 6.36 Å². The van der Waals surface area contributed by atoms with E-state index in [2.05, 4.69) is 11.7 Å². The van der Waals surface area contributed by atoms with Crippen molar-refractivity contribution >= 4 is 0 Å². The lowest BCUT2D eigenvalue weighted by Gasteiger charge is -2.28. The first-order valence-electron chi connectivity index (χ1n) is 11.7. The van der Waals surface area contributed by atoms with Crippen LogP contribution in [-0.2, 0) is 6.42 Å². The number of halogens is 6. The minimum Gasteiger partial charge on any atom is -0.403 e. The van der Waals surface area contributed by atoms with Crippen LogP contribution in [0.15, 0.2) is 30.3 Å². The van der Waals surface area contributed by atoms with Crippen LogP contribution in [0.2, 0.25) is 0 Å². The van der Waals surface area contributed by atoms with Gasteiger partial charge in [-0.25, -0.2) is 13.2 Å². The molecule has 0 aliphatic heterocycles. The molecule has 0 saturated heterocycles. The molecule has 0 N–H and O–H groups in total. The zero-order valence-corrected chi connectivity index (χ0v) is 18.8. The molecular formula is C26H30F6O. The lowest BCUT2D eigenvalue weighted by molar-refractivity contribution is -0.275. The fourth-order valence-electron chi connectivity index (χ4n) is 4.77. The molecule has 0 atom stereocenters. The van der Waals surface area contributed by atoms with E-state index in [1.807, 2.05) is 0 Å². The van der Waals surface area contributed by atoms with Crippen molar-refractivity contribution in [1.29, 1.82) is 0 Å². The Bertz CT molecular complexity index is 892. The van der Waals surface area contributed by atoms with Gasteiger partial charge < -0.3 is 4.74 Å². The minimum absolute atomic E-state index is 0.190. The third-order valence-electron chi connectivity index (χ3n) is 6.57. The minimum atomic E-state index is -5.06. The van der Waals surface area contributed by atoms with Crippen molar-refractivity contribution < 1.29 is 31.1 Å². The van der Waals surface area contributed by atoms with E-state index in [1.165, 1.54) is 50.7 Å². The fraction of sp³-hybridized carbons (Fsp3) is 0.538. The maximum Gasteiger partial charge on any atom is 0.573 e. The SMILES string of the molecule is CCCCCC1CCC(CCc2cc(F)c(-c3ccc(OC(F)(F)F)c(F)c3)c(F)c2)CC1. The molecule has 0 aromatic heterocycles. The molecule has 0 bridgehead atoms. The summed E-state index contributed by atoms with van der Waals surface area (Å²) in [5.74, 6) is -2.78. The van der Waals surface area contributed by atoms with Crippen LogP contribution in [0.1, 0.15) is 70.3 Å². The van der Waals surface area contributed by atoms with Crippen LogP contribution in [0.25, 0.3) is 11.1 Å². The summed E-state index contributed by atoms with van der Waals surface area (Å²) in [5.41, 5.74) is -0.134. The van der Waals surface area contributed by atoms with Gasteiger partial charge in [0.1, 0.15) is 11.6 Å². The van der Waals surface area contributed by atoms with Gasteiger partial charge in [0.25, 0.3) is 0 Å². The number of hydrogen-bond acceptors (Lipinski definition) is 1. The quantitative estimate of drug-likeness (QED) is 0.261. The molecule has 0 unspecified atom stereocenters. The van der Waals surface area contributed by atoms with Crippen LogP contribution in [0.5, 0.6) is 5.75 Å². The van der Waals surface area contributed by atoms with Crippen LogP contribution < -0.4 is 4.74 Å². The predicted molar refractivity (Wildman–Crippen MR) is 116 cm³/mol. The van der Waals surface area contributed by atoms with Crippen LogP contribution in [-0.4, -0.2) is 6.36 Å². The van der Waals surface area contributed by atoms with E-state index < -0.39 is 35.1 Å². The van der Waals surface area contributed by atoms with Crippen molar-refractivity contribution in [2.24, 2.45) is 11.8 Å². The Kier molecular flexibility index (Phi) is 8.71. The Balaban J connectivity index is 1.60. The predicted octanol–water partition coefficient (Wildman–Crippen LogP) is 8.99. The standard InChI is InChI=1S/C26H30F6O/c1-2-3-4-5-17-6-8-18(9-7-17)10-11-19-14-22(28)25(23(29)15-19)20-12-13-24(21(27)16-20)33-26(30,31)32/h12-18H,2-11H2,1H3. The highest BCUT2D eigenvalue weighted by Crippen LogP contribution is 2.36. The average Bonchev–Trinajstić information content (AvgIpc) is 2.74. The topological polar surface area (TPSA) is 9.23 Å². The van der Waals surface area contributed by atoms with Crippen LogP contribution in [0.4, 0.5) is 26.3 Å². The van der Waals surface area contributed by atoms with Crippen LogP contribution in [0, 0.1) is 29.3 Å². The maximum absolute atomic E-state index is 14.7. The summed E-state index contributed by atoms with van der Waals surface area (Å²) in [6.07, 6.45) is 6.17. The van der Waals surface area contributed by atoms with Crippen molar-refractivity contribution in [3.05, 3.63) is 53.3 Å². The Morgan fingerprint density at radius 1 is 0.818 bits per heavy atom. The second-order valence-corrected chi connectivity index (χ2v) is 9.05. The molecule has 1 fully saturated rings. The van der Waals surface area contributed by atoms with Gasteiger partial charge in [0.05, 0.1) is 5.56 Å². The first kappa shape index (κ1) is 25.4. The third-order valence-corrected chi connectivity index (χ3v) is 6.57. The number of benzene rings is 2. The van der Waals surface area contributed by atoms with Crippen LogP contribution in [0.3, 0.4) is 0 Å². The van der Waals surface area contributed by atoms with E-state index in [1.54, 1.807) is 0 Å². The van der Waals surface area contributed by atoms with E-state index in [-0.39, 0.29) is 5.56 Å². The lowest BCUT2D eigenvalue weighted by Crippen LogP contribution is -2.17. The van der Waals surface area contributed by atoms with Gasteiger partial charge in [-0.2, -0.15) is 0 Å². The molecule has 0 spiro atoms. The molecule has 182 valence electrons. The van der Waals surface area contributed by atoms with E-state index in [9.17, 15) is 26.3 Å². The zero-order chi connectivity index (χ0) is 24.0. The largest absolute Gasteiger partial charge is 0.573 e. The smallest absolute Gasteiger partial charge is 0.403 e. The Hall–Kier alpha value is -2.18. The van der Waals surface area contributed by atoms with Crippen molar-refractivity contribution in [3.8, 4) is 16.9 Å². The number of unbranched alkanes of at least 4 members (excludes halogenated alkanes) is 2. The highest BCUT2D eigenvalue weighted by molar-refractivity contribution is 5.66. The summed E-state index contributed by atoms with van der Waals surface area (Å²) < 4.78 is 83.8. The molecule has 0 amide bonds. The van der Waals surface area contributed by atoms with E-state index in [4.69, 9.17) is 0 Å². The van der Waals surface area contributed by atoms with Gasteiger partial charge in [0.2, 0.25) is 0 Å². The Morgan fingerprint density at radius 2 is 1.42 bits per heavy atom. The Labute approximate surface area is 191 Å². The lowest BCUT2D eigenvalue weighted by atomic mass is 9.77. The normalized spacial score (nSPS) is 19.0. The molecule has 2 aromatic rings. The van der Waals surface area contributed by atoms with Gasteiger partial charge in [0, 0.05) is 0 Å². The number of rotatable bonds is 9. The molecule has 1 aliphatic carbocycles. The molecule has 2 aromatic carbocycles. The molecular weight excluding hydrogens is 442 g/mol. The molecule has 7 heteroatoms. The van der Waals surface area contributed by atoms with Gasteiger partial charge in [0.15, 0.2) is 11.6 Å². The van der Waals surface area contributed by atoms with E-state index in [0.29, 0.717) is 30.0 Å². The molecule has 0 radical (unpaired) electrons. The molecule has 1 nitrogen and oxygen atoms in total. The number of alkyl halides is 3. The molecule has 33 heavy (non-hydrogen) atoms. The second-order valence-electron chi connectivity index (χ2n) is 9.05. The van der Waals surface area contributed by atoms with Gasteiger partial charge in [-0.05, 0) is 60.1 Å². The van der Waals surface area contributed by atoms with Gasteiger partial charge in [-0.15, -0.1) is 13.2 Å². The van der Waals surface area contributed by atoms with Crippen molar-refractivity contribution in [2.45, 2.75) is 77.5 Å².